The van der Waals surface area contributed by atoms with Gasteiger partial charge in [-0.05, 0) is 23.6 Å². The van der Waals surface area contributed by atoms with Crippen molar-refractivity contribution in [2.75, 3.05) is 5.32 Å². The van der Waals surface area contributed by atoms with Crippen LogP contribution < -0.4 is 11.1 Å². The highest BCUT2D eigenvalue weighted by Gasteiger charge is 2.27. The minimum Gasteiger partial charge on any atom is -0.323 e. The van der Waals surface area contributed by atoms with Gasteiger partial charge < -0.3 is 11.1 Å². The first-order chi connectivity index (χ1) is 9.29. The molecule has 0 spiro atoms. The number of pyridine rings is 1. The van der Waals surface area contributed by atoms with Crippen LogP contribution in [0.1, 0.15) is 20.8 Å². The number of carbonyl (C=O) groups excluding carboxylic acids is 1. The number of nitrogens with one attached hydrogen (secondary N) is 1. The standard InChI is InChI=1S/C15H18ClN3O/c1-15(2,3)13(17)14(20)19-11-8-10(16)7-9-5-4-6-18-12(9)11/h4-8,13H,17H2,1-3H3,(H,19,20). The molecule has 2 aromatic rings. The van der Waals surface area contributed by atoms with E-state index in [4.69, 9.17) is 17.3 Å². The Morgan fingerprint density at radius 3 is 2.75 bits per heavy atom. The molecule has 0 aliphatic rings. The van der Waals surface area contributed by atoms with E-state index in [0.717, 1.165) is 5.39 Å². The Morgan fingerprint density at radius 1 is 1.40 bits per heavy atom. The van der Waals surface area contributed by atoms with Crippen molar-refractivity contribution < 1.29 is 4.79 Å². The number of carbonyl (C=O) groups is 1. The minimum absolute atomic E-state index is 0.244. The SMILES string of the molecule is CC(C)(C)C(N)C(=O)Nc1cc(Cl)cc2cccnc12. The average Bonchev–Trinajstić information content (AvgIpc) is 2.36. The Kier molecular flexibility index (Phi) is 3.97. The maximum absolute atomic E-state index is 12.2. The molecule has 0 aliphatic heterocycles. The Morgan fingerprint density at radius 2 is 2.10 bits per heavy atom. The molecule has 1 aromatic heterocycles. The first-order valence-electron chi connectivity index (χ1n) is 6.40. The van der Waals surface area contributed by atoms with Gasteiger partial charge in [0.2, 0.25) is 5.91 Å². The van der Waals surface area contributed by atoms with Crippen molar-refractivity contribution in [2.24, 2.45) is 11.1 Å². The van der Waals surface area contributed by atoms with Crippen molar-refractivity contribution in [3.05, 3.63) is 35.5 Å². The number of halogens is 1. The van der Waals surface area contributed by atoms with Crippen molar-refractivity contribution in [3.8, 4) is 0 Å². The molecule has 0 fully saturated rings. The number of fused-ring (bicyclic) bond motifs is 1. The van der Waals surface area contributed by atoms with Gasteiger partial charge >= 0.3 is 0 Å². The van der Waals surface area contributed by atoms with E-state index in [1.807, 2.05) is 39.0 Å². The lowest BCUT2D eigenvalue weighted by molar-refractivity contribution is -0.119. The fourth-order valence-electron chi connectivity index (χ4n) is 1.85. The number of anilines is 1. The van der Waals surface area contributed by atoms with Gasteiger partial charge in [0.15, 0.2) is 0 Å². The highest BCUT2D eigenvalue weighted by atomic mass is 35.5. The predicted octanol–water partition coefficient (Wildman–Crippen LogP) is 3.20. The summed E-state index contributed by atoms with van der Waals surface area (Å²) in [6.45, 7) is 5.77. The molecule has 4 nitrogen and oxygen atoms in total. The molecular weight excluding hydrogens is 274 g/mol. The van der Waals surface area contributed by atoms with Gasteiger partial charge in [-0.25, -0.2) is 0 Å². The van der Waals surface area contributed by atoms with Crippen molar-refractivity contribution in [2.45, 2.75) is 26.8 Å². The summed E-state index contributed by atoms with van der Waals surface area (Å²) in [7, 11) is 0. The molecule has 1 aromatic carbocycles. The van der Waals surface area contributed by atoms with Crippen LogP contribution in [-0.4, -0.2) is 16.9 Å². The first kappa shape index (κ1) is 14.8. The third kappa shape index (κ3) is 3.08. The zero-order chi connectivity index (χ0) is 14.9. The molecule has 1 heterocycles. The van der Waals surface area contributed by atoms with E-state index >= 15 is 0 Å². The Labute approximate surface area is 123 Å². The second-order valence-corrected chi connectivity index (χ2v) is 6.30. The number of nitrogens with zero attached hydrogens (tertiary/aromatic N) is 1. The summed E-state index contributed by atoms with van der Waals surface area (Å²) in [5, 5.41) is 4.24. The van der Waals surface area contributed by atoms with Gasteiger partial charge in [0.05, 0.1) is 17.2 Å². The second kappa shape index (κ2) is 5.38. The van der Waals surface area contributed by atoms with Crippen LogP contribution >= 0.6 is 11.6 Å². The van der Waals surface area contributed by atoms with Gasteiger partial charge in [-0.1, -0.05) is 38.4 Å². The van der Waals surface area contributed by atoms with Crippen LogP contribution in [0, 0.1) is 5.41 Å². The van der Waals surface area contributed by atoms with Crippen LogP contribution in [0.5, 0.6) is 0 Å². The molecule has 0 radical (unpaired) electrons. The minimum atomic E-state index is -0.611. The van der Waals surface area contributed by atoms with Gasteiger partial charge in [-0.2, -0.15) is 0 Å². The summed E-state index contributed by atoms with van der Waals surface area (Å²) in [6.07, 6.45) is 1.68. The zero-order valence-electron chi connectivity index (χ0n) is 11.8. The summed E-state index contributed by atoms with van der Waals surface area (Å²) in [5.41, 5.74) is 6.93. The van der Waals surface area contributed by atoms with E-state index in [1.54, 1.807) is 12.3 Å². The lowest BCUT2D eigenvalue weighted by atomic mass is 9.87. The molecule has 1 amide bonds. The Bertz CT molecular complexity index is 649. The van der Waals surface area contributed by atoms with E-state index in [2.05, 4.69) is 10.3 Å². The van der Waals surface area contributed by atoms with Crippen LogP contribution in [0.4, 0.5) is 5.69 Å². The third-order valence-corrected chi connectivity index (χ3v) is 3.36. The molecule has 106 valence electrons. The average molecular weight is 292 g/mol. The topological polar surface area (TPSA) is 68.0 Å². The fourth-order valence-corrected chi connectivity index (χ4v) is 2.08. The van der Waals surface area contributed by atoms with E-state index in [-0.39, 0.29) is 11.3 Å². The summed E-state index contributed by atoms with van der Waals surface area (Å²) in [4.78, 5) is 16.5. The van der Waals surface area contributed by atoms with Crippen molar-refractivity contribution in [1.29, 1.82) is 0 Å². The molecule has 0 aliphatic carbocycles. The zero-order valence-corrected chi connectivity index (χ0v) is 12.5. The number of nitrogens with two attached hydrogens (primary N) is 1. The number of hydrogen-bond donors (Lipinski definition) is 2. The number of amides is 1. The Balaban J connectivity index is 2.37. The lowest BCUT2D eigenvalue weighted by Crippen LogP contribution is -2.45. The molecule has 20 heavy (non-hydrogen) atoms. The van der Waals surface area contributed by atoms with Crippen LogP contribution in [0.2, 0.25) is 5.02 Å². The highest BCUT2D eigenvalue weighted by molar-refractivity contribution is 6.32. The van der Waals surface area contributed by atoms with Gasteiger partial charge in [0.25, 0.3) is 0 Å². The van der Waals surface area contributed by atoms with E-state index in [0.29, 0.717) is 16.2 Å². The van der Waals surface area contributed by atoms with E-state index in [1.165, 1.54) is 0 Å². The summed E-state index contributed by atoms with van der Waals surface area (Å²) in [6, 6.07) is 6.60. The smallest absolute Gasteiger partial charge is 0.241 e. The first-order valence-corrected chi connectivity index (χ1v) is 6.77. The fraction of sp³-hybridized carbons (Fsp3) is 0.333. The Hall–Kier alpha value is -1.65. The molecule has 1 unspecified atom stereocenters. The normalized spacial score (nSPS) is 13.2. The molecule has 5 heteroatoms. The number of rotatable bonds is 2. The molecular formula is C15H18ClN3O. The van der Waals surface area contributed by atoms with E-state index in [9.17, 15) is 4.79 Å². The van der Waals surface area contributed by atoms with Crippen molar-refractivity contribution >= 4 is 34.1 Å². The lowest BCUT2D eigenvalue weighted by Gasteiger charge is -2.26. The van der Waals surface area contributed by atoms with Crippen molar-refractivity contribution in [3.63, 3.8) is 0 Å². The monoisotopic (exact) mass is 291 g/mol. The quantitative estimate of drug-likeness (QED) is 0.893. The van der Waals surface area contributed by atoms with Crippen LogP contribution in [0.3, 0.4) is 0 Å². The second-order valence-electron chi connectivity index (χ2n) is 5.86. The van der Waals surface area contributed by atoms with Gasteiger partial charge in [0, 0.05) is 16.6 Å². The highest BCUT2D eigenvalue weighted by Crippen LogP contribution is 2.27. The summed E-state index contributed by atoms with van der Waals surface area (Å²) < 4.78 is 0. The summed E-state index contributed by atoms with van der Waals surface area (Å²) in [5.74, 6) is -0.244. The van der Waals surface area contributed by atoms with Gasteiger partial charge in [-0.3, -0.25) is 9.78 Å². The number of benzene rings is 1. The largest absolute Gasteiger partial charge is 0.323 e. The molecule has 3 N–H and O–H groups in total. The van der Waals surface area contributed by atoms with Gasteiger partial charge in [-0.15, -0.1) is 0 Å². The van der Waals surface area contributed by atoms with Gasteiger partial charge in [0.1, 0.15) is 0 Å². The number of hydrogen-bond acceptors (Lipinski definition) is 3. The third-order valence-electron chi connectivity index (χ3n) is 3.14. The van der Waals surface area contributed by atoms with Crippen LogP contribution in [0.25, 0.3) is 10.9 Å². The van der Waals surface area contributed by atoms with E-state index < -0.39 is 6.04 Å². The molecule has 0 saturated carbocycles. The molecule has 0 bridgehead atoms. The molecule has 2 rings (SSSR count). The number of aromatic nitrogens is 1. The van der Waals surface area contributed by atoms with Crippen LogP contribution in [0.15, 0.2) is 30.5 Å². The molecule has 0 saturated heterocycles. The predicted molar refractivity (Wildman–Crippen MR) is 82.8 cm³/mol. The summed E-state index contributed by atoms with van der Waals surface area (Å²) >= 11 is 6.07. The molecule has 1 atom stereocenters. The maximum Gasteiger partial charge on any atom is 0.241 e. The van der Waals surface area contributed by atoms with Crippen LogP contribution in [-0.2, 0) is 4.79 Å². The van der Waals surface area contributed by atoms with Crippen molar-refractivity contribution in [1.82, 2.24) is 4.98 Å². The maximum atomic E-state index is 12.2.